The fraction of sp³-hybridized carbons (Fsp3) is 0.455. The van der Waals surface area contributed by atoms with Gasteiger partial charge in [0.05, 0.1) is 23.6 Å². The summed E-state index contributed by atoms with van der Waals surface area (Å²) in [6.45, 7) is 4.14. The summed E-state index contributed by atoms with van der Waals surface area (Å²) in [4.78, 5) is 25.5. The van der Waals surface area contributed by atoms with Gasteiger partial charge in [-0.15, -0.1) is 0 Å². The van der Waals surface area contributed by atoms with Crippen LogP contribution in [0.15, 0.2) is 52.0 Å². The van der Waals surface area contributed by atoms with Gasteiger partial charge in [-0.3, -0.25) is 9.59 Å². The summed E-state index contributed by atoms with van der Waals surface area (Å²) < 4.78 is 45.4. The molecule has 0 aliphatic carbocycles. The molecule has 1 aliphatic rings. The molecular weight excluding hydrogens is 437 g/mol. The van der Waals surface area contributed by atoms with E-state index in [1.807, 2.05) is 13.8 Å². The predicted octanol–water partition coefficient (Wildman–Crippen LogP) is 2.28. The Kier molecular flexibility index (Phi) is 7.68. The van der Waals surface area contributed by atoms with Crippen LogP contribution in [0.5, 0.6) is 0 Å². The molecule has 2 N–H and O–H groups in total. The number of halogens is 1. The molecule has 174 valence electrons. The third-order valence-corrected chi connectivity index (χ3v) is 7.35. The number of carbonyl (C=O) groups excluding carboxylic acids is 2. The Labute approximate surface area is 187 Å². The average molecular weight is 466 g/mol. The first-order valence-corrected chi connectivity index (χ1v) is 12.0. The molecule has 0 radical (unpaired) electrons. The Morgan fingerprint density at radius 2 is 1.94 bits per heavy atom. The van der Waals surface area contributed by atoms with E-state index in [4.69, 9.17) is 4.42 Å². The molecule has 32 heavy (non-hydrogen) atoms. The van der Waals surface area contributed by atoms with E-state index in [0.29, 0.717) is 18.6 Å². The lowest BCUT2D eigenvalue weighted by molar-refractivity contribution is -0.132. The summed E-state index contributed by atoms with van der Waals surface area (Å²) in [6.07, 6.45) is 2.54. The number of rotatable bonds is 8. The summed E-state index contributed by atoms with van der Waals surface area (Å²) in [7, 11) is -3.84. The molecule has 1 saturated heterocycles. The number of hydrogen-bond acceptors (Lipinski definition) is 5. The Balaban J connectivity index is 1.63. The Bertz CT molecular complexity index is 1020. The summed E-state index contributed by atoms with van der Waals surface area (Å²) >= 11 is 0. The normalized spacial score (nSPS) is 18.3. The van der Waals surface area contributed by atoms with Crippen molar-refractivity contribution in [3.8, 4) is 0 Å². The highest BCUT2D eigenvalue weighted by molar-refractivity contribution is 7.89. The second-order valence-corrected chi connectivity index (χ2v) is 10.1. The number of benzene rings is 1. The van der Waals surface area contributed by atoms with E-state index in [1.165, 1.54) is 22.7 Å². The number of amides is 2. The highest BCUT2D eigenvalue weighted by Gasteiger charge is 2.35. The van der Waals surface area contributed by atoms with E-state index >= 15 is 0 Å². The van der Waals surface area contributed by atoms with Crippen molar-refractivity contribution >= 4 is 21.8 Å². The van der Waals surface area contributed by atoms with Gasteiger partial charge in [0.2, 0.25) is 21.8 Å². The lowest BCUT2D eigenvalue weighted by atomic mass is 9.96. The first-order chi connectivity index (χ1) is 15.2. The molecule has 3 rings (SSSR count). The van der Waals surface area contributed by atoms with E-state index in [-0.39, 0.29) is 42.3 Å². The smallest absolute Gasteiger partial charge is 0.243 e. The van der Waals surface area contributed by atoms with Gasteiger partial charge in [-0.1, -0.05) is 13.8 Å². The molecule has 0 unspecified atom stereocenters. The SMILES string of the molecule is CC(C)[C@H](NC(=O)[C@@H]1CCCN(S(=O)(=O)c2ccc(F)cc2)C1)C(=O)NCc1ccco1. The van der Waals surface area contributed by atoms with E-state index < -0.39 is 27.8 Å². The molecule has 10 heteroatoms. The van der Waals surface area contributed by atoms with Gasteiger partial charge in [0.1, 0.15) is 17.6 Å². The molecular formula is C22H28FN3O5S. The van der Waals surface area contributed by atoms with Crippen molar-refractivity contribution in [3.05, 3.63) is 54.2 Å². The largest absolute Gasteiger partial charge is 0.467 e. The second kappa shape index (κ2) is 10.3. The van der Waals surface area contributed by atoms with Crippen LogP contribution in [0.3, 0.4) is 0 Å². The molecule has 0 bridgehead atoms. The van der Waals surface area contributed by atoms with Crippen LogP contribution in [0.1, 0.15) is 32.4 Å². The highest BCUT2D eigenvalue weighted by Crippen LogP contribution is 2.24. The van der Waals surface area contributed by atoms with Crippen molar-refractivity contribution in [1.82, 2.24) is 14.9 Å². The lowest BCUT2D eigenvalue weighted by Crippen LogP contribution is -2.53. The van der Waals surface area contributed by atoms with Gasteiger partial charge < -0.3 is 15.1 Å². The van der Waals surface area contributed by atoms with Crippen LogP contribution < -0.4 is 10.6 Å². The van der Waals surface area contributed by atoms with Gasteiger partial charge in [-0.05, 0) is 55.2 Å². The quantitative estimate of drug-likeness (QED) is 0.622. The molecule has 1 aromatic carbocycles. The van der Waals surface area contributed by atoms with Crippen molar-refractivity contribution in [1.29, 1.82) is 0 Å². The van der Waals surface area contributed by atoms with Crippen LogP contribution >= 0.6 is 0 Å². The molecule has 2 heterocycles. The minimum Gasteiger partial charge on any atom is -0.467 e. The van der Waals surface area contributed by atoms with Gasteiger partial charge in [-0.25, -0.2) is 12.8 Å². The van der Waals surface area contributed by atoms with Crippen molar-refractivity contribution in [2.45, 2.75) is 44.2 Å². The molecule has 2 atom stereocenters. The number of piperidine rings is 1. The maximum Gasteiger partial charge on any atom is 0.243 e. The van der Waals surface area contributed by atoms with Crippen molar-refractivity contribution < 1.29 is 26.8 Å². The van der Waals surface area contributed by atoms with Gasteiger partial charge in [-0.2, -0.15) is 4.31 Å². The van der Waals surface area contributed by atoms with Crippen LogP contribution in [0.4, 0.5) is 4.39 Å². The predicted molar refractivity (Wildman–Crippen MR) is 115 cm³/mol. The van der Waals surface area contributed by atoms with E-state index in [9.17, 15) is 22.4 Å². The first kappa shape index (κ1) is 23.9. The van der Waals surface area contributed by atoms with Crippen LogP contribution in [-0.4, -0.2) is 43.7 Å². The molecule has 1 aromatic heterocycles. The van der Waals surface area contributed by atoms with Gasteiger partial charge >= 0.3 is 0 Å². The van der Waals surface area contributed by atoms with Gasteiger partial charge in [0.25, 0.3) is 0 Å². The second-order valence-electron chi connectivity index (χ2n) is 8.18. The van der Waals surface area contributed by atoms with Crippen LogP contribution in [0.25, 0.3) is 0 Å². The standard InChI is InChI=1S/C22H28FN3O5S/c1-15(2)20(22(28)24-13-18-6-4-12-31-18)25-21(27)16-5-3-11-26(14-16)32(29,30)19-9-7-17(23)8-10-19/h4,6-10,12,15-16,20H,3,5,11,13-14H2,1-2H3,(H,24,28)(H,25,27)/t16-,20+/m1/s1. The third kappa shape index (κ3) is 5.74. The van der Waals surface area contributed by atoms with Crippen LogP contribution in [0.2, 0.25) is 0 Å². The summed E-state index contributed by atoms with van der Waals surface area (Å²) in [6, 6.07) is 7.31. The fourth-order valence-corrected chi connectivity index (χ4v) is 5.16. The van der Waals surface area contributed by atoms with E-state index in [2.05, 4.69) is 10.6 Å². The minimum absolute atomic E-state index is 0.00434. The topological polar surface area (TPSA) is 109 Å². The third-order valence-electron chi connectivity index (χ3n) is 5.47. The van der Waals surface area contributed by atoms with E-state index in [0.717, 1.165) is 12.1 Å². The summed E-state index contributed by atoms with van der Waals surface area (Å²) in [5.41, 5.74) is 0. The molecule has 0 saturated carbocycles. The van der Waals surface area contributed by atoms with Crippen LogP contribution in [0, 0.1) is 17.7 Å². The monoisotopic (exact) mass is 465 g/mol. The maximum atomic E-state index is 13.2. The van der Waals surface area contributed by atoms with Gasteiger partial charge in [0.15, 0.2) is 0 Å². The Morgan fingerprint density at radius 1 is 1.22 bits per heavy atom. The Morgan fingerprint density at radius 3 is 2.56 bits per heavy atom. The van der Waals surface area contributed by atoms with Crippen molar-refractivity contribution in [2.24, 2.45) is 11.8 Å². The number of carbonyl (C=O) groups is 2. The number of hydrogen-bond donors (Lipinski definition) is 2. The number of nitrogens with zero attached hydrogens (tertiary/aromatic N) is 1. The van der Waals surface area contributed by atoms with Crippen molar-refractivity contribution in [2.75, 3.05) is 13.1 Å². The summed E-state index contributed by atoms with van der Waals surface area (Å²) in [5, 5.41) is 5.53. The molecule has 2 aromatic rings. The fourth-order valence-electron chi connectivity index (χ4n) is 3.63. The summed E-state index contributed by atoms with van der Waals surface area (Å²) in [5.74, 6) is -1.38. The zero-order valence-electron chi connectivity index (χ0n) is 18.1. The average Bonchev–Trinajstić information content (AvgIpc) is 3.29. The molecule has 1 fully saturated rings. The van der Waals surface area contributed by atoms with Crippen molar-refractivity contribution in [3.63, 3.8) is 0 Å². The molecule has 2 amide bonds. The number of nitrogens with one attached hydrogen (secondary N) is 2. The molecule has 8 nitrogen and oxygen atoms in total. The zero-order chi connectivity index (χ0) is 23.3. The maximum absolute atomic E-state index is 13.2. The number of sulfonamides is 1. The highest BCUT2D eigenvalue weighted by atomic mass is 32.2. The Hall–Kier alpha value is -2.72. The lowest BCUT2D eigenvalue weighted by Gasteiger charge is -2.32. The number of furan rings is 1. The first-order valence-electron chi connectivity index (χ1n) is 10.5. The minimum atomic E-state index is -3.84. The zero-order valence-corrected chi connectivity index (χ0v) is 18.9. The van der Waals surface area contributed by atoms with Gasteiger partial charge in [0, 0.05) is 13.1 Å². The molecule has 0 spiro atoms. The molecule has 1 aliphatic heterocycles. The van der Waals surface area contributed by atoms with E-state index in [1.54, 1.807) is 12.1 Å². The van der Waals surface area contributed by atoms with Crippen LogP contribution in [-0.2, 0) is 26.2 Å².